The maximum Gasteiger partial charge on any atom is 0.0402 e. The molecule has 1 N–H and O–H groups in total. The second-order valence-electron chi connectivity index (χ2n) is 0.316. The molecule has 1 nitrogen and oxygen atoms in total. The van der Waals surface area contributed by atoms with Gasteiger partial charge in [0.25, 0.3) is 0 Å². The van der Waals surface area contributed by atoms with Gasteiger partial charge in [0.2, 0.25) is 0 Å². The monoisotopic (exact) mass is 399 g/mol. The van der Waals surface area contributed by atoms with Crippen molar-refractivity contribution in [2.45, 2.75) is 6.92 Å². The maximum absolute atomic E-state index is 7.57. The third kappa shape index (κ3) is 40.3. The zero-order valence-electron chi connectivity index (χ0n) is 3.20. The summed E-state index contributed by atoms with van der Waals surface area (Å²) in [5, 5.41) is 7.57. The van der Waals surface area contributed by atoms with Crippen molar-refractivity contribution in [1.29, 1.82) is 0 Å². The molecule has 0 fully saturated rings. The Labute approximate surface area is 76.9 Å². The number of rotatable bonds is 0. The SMILES string of the molecule is CCO.[Cr].[Pd].[Pt]. The van der Waals surface area contributed by atoms with E-state index in [4.69, 9.17) is 5.11 Å². The molecule has 0 heterocycles. The van der Waals surface area contributed by atoms with Crippen LogP contribution in [-0.2, 0) is 58.8 Å². The summed E-state index contributed by atoms with van der Waals surface area (Å²) in [7, 11) is 0. The fraction of sp³-hybridized carbons (Fsp3) is 1.00. The Kier molecular flexibility index (Phi) is 120. The van der Waals surface area contributed by atoms with E-state index in [9.17, 15) is 0 Å². The van der Waals surface area contributed by atoms with Crippen molar-refractivity contribution in [3.05, 3.63) is 0 Å². The average molecular weight is 400 g/mol. The largest absolute Gasteiger partial charge is 0.397 e. The van der Waals surface area contributed by atoms with Gasteiger partial charge in [0.1, 0.15) is 0 Å². The molecule has 0 saturated carbocycles. The van der Waals surface area contributed by atoms with E-state index in [2.05, 4.69) is 0 Å². The average Bonchev–Trinajstić information content (AvgIpc) is 0.918. The van der Waals surface area contributed by atoms with Crippen LogP contribution in [0.2, 0.25) is 0 Å². The van der Waals surface area contributed by atoms with Gasteiger partial charge >= 0.3 is 0 Å². The fourth-order valence-electron chi connectivity index (χ4n) is 0. The molecule has 0 bridgehead atoms. The second-order valence-corrected chi connectivity index (χ2v) is 0.316. The molecular formula is C2H6CrOPdPt. The normalized spacial score (nSPS) is 3.00. The van der Waals surface area contributed by atoms with Crippen molar-refractivity contribution in [2.24, 2.45) is 0 Å². The fourth-order valence-corrected chi connectivity index (χ4v) is 0. The van der Waals surface area contributed by atoms with E-state index in [1.807, 2.05) is 0 Å². The number of aliphatic hydroxyl groups excluding tert-OH is 1. The number of hydrogen-bond acceptors (Lipinski definition) is 1. The first-order valence-corrected chi connectivity index (χ1v) is 1.02. The van der Waals surface area contributed by atoms with Gasteiger partial charge in [-0.05, 0) is 6.92 Å². The minimum absolute atomic E-state index is 0. The summed E-state index contributed by atoms with van der Waals surface area (Å²) in [5.74, 6) is 0. The van der Waals surface area contributed by atoms with E-state index in [0.717, 1.165) is 0 Å². The van der Waals surface area contributed by atoms with Crippen LogP contribution in [0.1, 0.15) is 6.92 Å². The van der Waals surface area contributed by atoms with Crippen LogP contribution in [0.25, 0.3) is 0 Å². The summed E-state index contributed by atoms with van der Waals surface area (Å²) in [5.41, 5.74) is 0. The second kappa shape index (κ2) is 28.9. The van der Waals surface area contributed by atoms with Crippen LogP contribution in [-0.4, -0.2) is 11.7 Å². The first kappa shape index (κ1) is 24.9. The number of aliphatic hydroxyl groups is 1. The van der Waals surface area contributed by atoms with E-state index >= 15 is 0 Å². The standard InChI is InChI=1S/C2H6O.Cr.Pd.Pt/c1-2-3;;;/h3H,2H2,1H3;;;. The molecule has 0 aliphatic rings. The van der Waals surface area contributed by atoms with Crippen LogP contribution in [0.15, 0.2) is 0 Å². The molecule has 0 amide bonds. The minimum atomic E-state index is 0. The molecule has 4 heteroatoms. The Morgan fingerprint density at radius 3 is 1.50 bits per heavy atom. The first-order chi connectivity index (χ1) is 1.41. The molecule has 0 aromatic heterocycles. The first-order valence-electron chi connectivity index (χ1n) is 1.02. The van der Waals surface area contributed by atoms with Gasteiger partial charge in [-0.25, -0.2) is 0 Å². The summed E-state index contributed by atoms with van der Waals surface area (Å²) >= 11 is 0. The van der Waals surface area contributed by atoms with E-state index in [1.165, 1.54) is 0 Å². The molecule has 46 valence electrons. The van der Waals surface area contributed by atoms with Crippen molar-refractivity contribution in [1.82, 2.24) is 0 Å². The van der Waals surface area contributed by atoms with Gasteiger partial charge in [-0.3, -0.25) is 0 Å². The summed E-state index contributed by atoms with van der Waals surface area (Å²) in [6, 6.07) is 0. The predicted octanol–water partition coefficient (Wildman–Crippen LogP) is -0.00890. The zero-order chi connectivity index (χ0) is 2.71. The molecule has 0 atom stereocenters. The quantitative estimate of drug-likeness (QED) is 0.568. The summed E-state index contributed by atoms with van der Waals surface area (Å²) in [4.78, 5) is 0. The molecule has 0 spiro atoms. The summed E-state index contributed by atoms with van der Waals surface area (Å²) in [6.45, 7) is 1.93. The molecule has 0 unspecified atom stereocenters. The Morgan fingerprint density at radius 2 is 1.50 bits per heavy atom. The van der Waals surface area contributed by atoms with E-state index < -0.39 is 0 Å². The van der Waals surface area contributed by atoms with E-state index in [0.29, 0.717) is 0 Å². The van der Waals surface area contributed by atoms with Crippen LogP contribution in [0.4, 0.5) is 0 Å². The van der Waals surface area contributed by atoms with Crippen LogP contribution in [0.5, 0.6) is 0 Å². The van der Waals surface area contributed by atoms with Gasteiger partial charge in [0.05, 0.1) is 0 Å². The van der Waals surface area contributed by atoms with Crippen LogP contribution in [0, 0.1) is 0 Å². The maximum atomic E-state index is 7.57. The van der Waals surface area contributed by atoms with Gasteiger partial charge < -0.3 is 5.11 Å². The van der Waals surface area contributed by atoms with Gasteiger partial charge in [-0.2, -0.15) is 0 Å². The molecule has 0 aromatic rings. The van der Waals surface area contributed by atoms with E-state index in [-0.39, 0.29) is 65.5 Å². The molecular weight excluding hydrogens is 394 g/mol. The number of hydrogen-bond donors (Lipinski definition) is 1. The van der Waals surface area contributed by atoms with Crippen molar-refractivity contribution < 1.29 is 64.0 Å². The van der Waals surface area contributed by atoms with Crippen molar-refractivity contribution in [3.8, 4) is 0 Å². The molecule has 0 aliphatic carbocycles. The molecule has 0 radical (unpaired) electrons. The van der Waals surface area contributed by atoms with Gasteiger partial charge in [-0.15, -0.1) is 0 Å². The summed E-state index contributed by atoms with van der Waals surface area (Å²) in [6.07, 6.45) is 0. The molecule has 0 saturated heterocycles. The molecule has 0 rings (SSSR count). The third-order valence-corrected chi connectivity index (χ3v) is 0. The Balaban J connectivity index is -0.00000000667. The van der Waals surface area contributed by atoms with Crippen molar-refractivity contribution in [3.63, 3.8) is 0 Å². The van der Waals surface area contributed by atoms with Gasteiger partial charge in [0.15, 0.2) is 0 Å². The summed E-state index contributed by atoms with van der Waals surface area (Å²) < 4.78 is 0. The Hall–Kier alpha value is 1.84. The molecule has 0 aromatic carbocycles. The molecule has 6 heavy (non-hydrogen) atoms. The van der Waals surface area contributed by atoms with Crippen LogP contribution >= 0.6 is 0 Å². The van der Waals surface area contributed by atoms with Crippen molar-refractivity contribution in [2.75, 3.05) is 6.61 Å². The Morgan fingerprint density at radius 1 is 1.50 bits per heavy atom. The topological polar surface area (TPSA) is 20.2 Å². The Bertz CT molecular complexity index is 13.5. The molecule has 0 aliphatic heterocycles. The minimum Gasteiger partial charge on any atom is -0.397 e. The van der Waals surface area contributed by atoms with E-state index in [1.54, 1.807) is 6.92 Å². The van der Waals surface area contributed by atoms with Crippen LogP contribution in [0.3, 0.4) is 0 Å². The zero-order valence-corrected chi connectivity index (χ0v) is 8.30. The predicted molar refractivity (Wildman–Crippen MR) is 12.8 cm³/mol. The third-order valence-electron chi connectivity index (χ3n) is 0. The van der Waals surface area contributed by atoms with Gasteiger partial charge in [-0.1, -0.05) is 0 Å². The smallest absolute Gasteiger partial charge is 0.0402 e. The van der Waals surface area contributed by atoms with Gasteiger partial charge in [0, 0.05) is 65.5 Å². The van der Waals surface area contributed by atoms with Crippen LogP contribution < -0.4 is 0 Å². The van der Waals surface area contributed by atoms with Crippen molar-refractivity contribution >= 4 is 0 Å².